The van der Waals surface area contributed by atoms with E-state index in [4.69, 9.17) is 9.84 Å². The molecule has 0 bridgehead atoms. The number of likely N-dealkylation sites (N-methyl/N-ethyl adjacent to an activating group) is 1. The Morgan fingerprint density at radius 3 is 2.89 bits per heavy atom. The third kappa shape index (κ3) is 3.33. The average Bonchev–Trinajstić information content (AvgIpc) is 2.91. The zero-order chi connectivity index (χ0) is 13.9. The van der Waals surface area contributed by atoms with Gasteiger partial charge in [-0.05, 0) is 30.5 Å². The van der Waals surface area contributed by atoms with E-state index < -0.39 is 10.0 Å². The van der Waals surface area contributed by atoms with Crippen LogP contribution in [0.15, 0.2) is 29.2 Å². The Morgan fingerprint density at radius 1 is 1.47 bits per heavy atom. The standard InChI is InChI=1S/C13H19NO4S/c1-14(9-12-5-3-7-18-12)19(16,17)13-6-2-4-11(8-13)10-15/h2,4,6,8,12,15H,3,5,7,9-10H2,1H3. The summed E-state index contributed by atoms with van der Waals surface area (Å²) >= 11 is 0. The zero-order valence-corrected chi connectivity index (χ0v) is 11.8. The highest BCUT2D eigenvalue weighted by molar-refractivity contribution is 7.89. The van der Waals surface area contributed by atoms with Crippen LogP contribution in [0, 0.1) is 0 Å². The van der Waals surface area contributed by atoms with Gasteiger partial charge in [0.05, 0.1) is 17.6 Å². The molecule has 1 aliphatic rings. The van der Waals surface area contributed by atoms with Crippen LogP contribution < -0.4 is 0 Å². The number of benzene rings is 1. The van der Waals surface area contributed by atoms with Crippen LogP contribution in [0.25, 0.3) is 0 Å². The van der Waals surface area contributed by atoms with E-state index in [9.17, 15) is 8.42 Å². The second-order valence-electron chi connectivity index (χ2n) is 4.73. The summed E-state index contributed by atoms with van der Waals surface area (Å²) in [5, 5.41) is 9.07. The molecule has 0 radical (unpaired) electrons. The first-order valence-electron chi connectivity index (χ1n) is 6.32. The van der Waals surface area contributed by atoms with Gasteiger partial charge in [-0.3, -0.25) is 0 Å². The highest BCUT2D eigenvalue weighted by atomic mass is 32.2. The van der Waals surface area contributed by atoms with Crippen molar-refractivity contribution in [2.24, 2.45) is 0 Å². The minimum Gasteiger partial charge on any atom is -0.392 e. The van der Waals surface area contributed by atoms with Crippen LogP contribution in [0.1, 0.15) is 18.4 Å². The second-order valence-corrected chi connectivity index (χ2v) is 6.77. The van der Waals surface area contributed by atoms with Crippen molar-refractivity contribution in [3.05, 3.63) is 29.8 Å². The fraction of sp³-hybridized carbons (Fsp3) is 0.538. The number of hydrogen-bond donors (Lipinski definition) is 1. The Kier molecular flexibility index (Phi) is 4.57. The van der Waals surface area contributed by atoms with Crippen molar-refractivity contribution in [3.63, 3.8) is 0 Å². The number of aliphatic hydroxyl groups is 1. The first-order chi connectivity index (χ1) is 9.04. The van der Waals surface area contributed by atoms with Gasteiger partial charge >= 0.3 is 0 Å². The predicted molar refractivity (Wildman–Crippen MR) is 71.2 cm³/mol. The lowest BCUT2D eigenvalue weighted by Gasteiger charge is -2.20. The first kappa shape index (κ1) is 14.5. The summed E-state index contributed by atoms with van der Waals surface area (Å²) in [7, 11) is -1.96. The van der Waals surface area contributed by atoms with Crippen LogP contribution in [-0.4, -0.2) is 44.1 Å². The van der Waals surface area contributed by atoms with Crippen molar-refractivity contribution in [3.8, 4) is 0 Å². The molecule has 1 heterocycles. The summed E-state index contributed by atoms with van der Waals surface area (Å²) in [6.45, 7) is 0.906. The maximum atomic E-state index is 12.4. The van der Waals surface area contributed by atoms with Gasteiger partial charge < -0.3 is 9.84 Å². The van der Waals surface area contributed by atoms with Gasteiger partial charge in [-0.1, -0.05) is 12.1 Å². The van der Waals surface area contributed by atoms with E-state index in [0.29, 0.717) is 18.7 Å². The largest absolute Gasteiger partial charge is 0.392 e. The SMILES string of the molecule is CN(CC1CCCO1)S(=O)(=O)c1cccc(CO)c1. The van der Waals surface area contributed by atoms with Gasteiger partial charge in [0.25, 0.3) is 0 Å². The van der Waals surface area contributed by atoms with Crippen molar-refractivity contribution in [1.82, 2.24) is 4.31 Å². The maximum Gasteiger partial charge on any atom is 0.242 e. The Morgan fingerprint density at radius 2 is 2.26 bits per heavy atom. The molecule has 0 aromatic heterocycles. The Hall–Kier alpha value is -0.950. The third-order valence-corrected chi connectivity index (χ3v) is 5.09. The van der Waals surface area contributed by atoms with Gasteiger partial charge in [-0.15, -0.1) is 0 Å². The van der Waals surface area contributed by atoms with Gasteiger partial charge in [0.2, 0.25) is 10.0 Å². The van der Waals surface area contributed by atoms with Crippen molar-refractivity contribution in [2.45, 2.75) is 30.4 Å². The zero-order valence-electron chi connectivity index (χ0n) is 10.9. The summed E-state index contributed by atoms with van der Waals surface area (Å²) in [5.41, 5.74) is 0.589. The van der Waals surface area contributed by atoms with E-state index in [-0.39, 0.29) is 17.6 Å². The van der Waals surface area contributed by atoms with Crippen LogP contribution in [0.5, 0.6) is 0 Å². The van der Waals surface area contributed by atoms with Gasteiger partial charge in [0.15, 0.2) is 0 Å². The van der Waals surface area contributed by atoms with Gasteiger partial charge in [-0.25, -0.2) is 8.42 Å². The lowest BCUT2D eigenvalue weighted by atomic mass is 10.2. The average molecular weight is 285 g/mol. The summed E-state index contributed by atoms with van der Waals surface area (Å²) in [5.74, 6) is 0. The molecule has 1 aromatic carbocycles. The number of aliphatic hydroxyl groups excluding tert-OH is 1. The molecule has 1 saturated heterocycles. The van der Waals surface area contributed by atoms with E-state index in [1.165, 1.54) is 10.4 Å². The summed E-state index contributed by atoms with van der Waals surface area (Å²) in [6.07, 6.45) is 1.87. The minimum atomic E-state index is -3.52. The molecule has 1 fully saturated rings. The van der Waals surface area contributed by atoms with E-state index in [0.717, 1.165) is 12.8 Å². The molecule has 1 N–H and O–H groups in total. The van der Waals surface area contributed by atoms with Crippen LogP contribution >= 0.6 is 0 Å². The lowest BCUT2D eigenvalue weighted by Crippen LogP contribution is -2.34. The Labute approximate surface area is 113 Å². The molecule has 2 rings (SSSR count). The Balaban J connectivity index is 2.15. The van der Waals surface area contributed by atoms with Crippen molar-refractivity contribution in [2.75, 3.05) is 20.2 Å². The van der Waals surface area contributed by atoms with Crippen molar-refractivity contribution < 1.29 is 18.3 Å². The van der Waals surface area contributed by atoms with E-state index in [1.54, 1.807) is 25.2 Å². The number of sulfonamides is 1. The monoisotopic (exact) mass is 285 g/mol. The van der Waals surface area contributed by atoms with E-state index in [1.807, 2.05) is 0 Å². The quantitative estimate of drug-likeness (QED) is 0.875. The Bertz CT molecular complexity index is 523. The fourth-order valence-electron chi connectivity index (χ4n) is 2.16. The highest BCUT2D eigenvalue weighted by Crippen LogP contribution is 2.19. The molecule has 1 unspecified atom stereocenters. The minimum absolute atomic E-state index is 0.0131. The third-order valence-electron chi connectivity index (χ3n) is 3.27. The van der Waals surface area contributed by atoms with Crippen molar-refractivity contribution >= 4 is 10.0 Å². The molecule has 19 heavy (non-hydrogen) atoms. The normalized spacial score (nSPS) is 20.1. The number of ether oxygens (including phenoxy) is 1. The maximum absolute atomic E-state index is 12.4. The van der Waals surface area contributed by atoms with Crippen LogP contribution in [0.2, 0.25) is 0 Å². The van der Waals surface area contributed by atoms with E-state index in [2.05, 4.69) is 0 Å². The number of hydrogen-bond acceptors (Lipinski definition) is 4. The number of nitrogens with zero attached hydrogens (tertiary/aromatic N) is 1. The van der Waals surface area contributed by atoms with Gasteiger partial charge in [-0.2, -0.15) is 4.31 Å². The molecule has 0 amide bonds. The molecule has 6 heteroatoms. The molecule has 1 aromatic rings. The van der Waals surface area contributed by atoms with Crippen LogP contribution in [0.4, 0.5) is 0 Å². The van der Waals surface area contributed by atoms with Gasteiger partial charge in [0, 0.05) is 20.2 Å². The van der Waals surface area contributed by atoms with Crippen molar-refractivity contribution in [1.29, 1.82) is 0 Å². The molecule has 0 aliphatic carbocycles. The molecule has 1 aliphatic heterocycles. The summed E-state index contributed by atoms with van der Waals surface area (Å²) in [4.78, 5) is 0.208. The lowest BCUT2D eigenvalue weighted by molar-refractivity contribution is 0.0979. The van der Waals surface area contributed by atoms with E-state index >= 15 is 0 Å². The first-order valence-corrected chi connectivity index (χ1v) is 7.76. The molecular formula is C13H19NO4S. The molecule has 0 spiro atoms. The van der Waals surface area contributed by atoms with Crippen LogP contribution in [-0.2, 0) is 21.4 Å². The van der Waals surface area contributed by atoms with Crippen LogP contribution in [0.3, 0.4) is 0 Å². The molecular weight excluding hydrogens is 266 g/mol. The predicted octanol–water partition coefficient (Wildman–Crippen LogP) is 0.978. The highest BCUT2D eigenvalue weighted by Gasteiger charge is 2.26. The smallest absolute Gasteiger partial charge is 0.242 e. The molecule has 1 atom stereocenters. The van der Waals surface area contributed by atoms with Gasteiger partial charge in [0.1, 0.15) is 0 Å². The number of rotatable bonds is 5. The topological polar surface area (TPSA) is 66.8 Å². The molecule has 106 valence electrons. The summed E-state index contributed by atoms with van der Waals surface area (Å²) < 4.78 is 31.5. The molecule has 0 saturated carbocycles. The second kappa shape index (κ2) is 6.00. The fourth-order valence-corrected chi connectivity index (χ4v) is 3.43. The summed E-state index contributed by atoms with van der Waals surface area (Å²) in [6, 6.07) is 6.37. The molecule has 5 nitrogen and oxygen atoms in total.